The molecule has 3 N–H and O–H groups in total. The first kappa shape index (κ1) is 26.8. The van der Waals surface area contributed by atoms with Gasteiger partial charge in [0, 0.05) is 19.7 Å². The van der Waals surface area contributed by atoms with Crippen LogP contribution in [0.5, 0.6) is 11.5 Å². The lowest BCUT2D eigenvalue weighted by Gasteiger charge is -2.32. The Morgan fingerprint density at radius 1 is 1.11 bits per heavy atom. The Hall–Kier alpha value is -1.22. The highest BCUT2D eigenvalue weighted by molar-refractivity contribution is 14.0. The first-order valence-corrected chi connectivity index (χ1v) is 10.0. The summed E-state index contributed by atoms with van der Waals surface area (Å²) in [7, 11) is 1.64. The zero-order chi connectivity index (χ0) is 20.1. The molecule has 0 unspecified atom stereocenters. The SMILES string of the molecule is CCNC(=NCc1ccc(OC)c(OCC)c1)NCC(CC)(CC)CCO.I. The molecule has 0 spiro atoms. The van der Waals surface area contributed by atoms with E-state index < -0.39 is 0 Å². The zero-order valence-electron chi connectivity index (χ0n) is 18.0. The molecule has 0 amide bonds. The molecular formula is C21H38IN3O3. The lowest BCUT2D eigenvalue weighted by molar-refractivity contribution is 0.169. The second kappa shape index (κ2) is 14.7. The Kier molecular flexibility index (Phi) is 14.1. The normalized spacial score (nSPS) is 11.6. The fourth-order valence-electron chi connectivity index (χ4n) is 3.05. The van der Waals surface area contributed by atoms with Crippen LogP contribution in [0.1, 0.15) is 52.5 Å². The predicted octanol–water partition coefficient (Wildman–Crippen LogP) is 3.96. The molecule has 0 bridgehead atoms. The number of rotatable bonds is 12. The number of nitrogens with zero attached hydrogens (tertiary/aromatic N) is 1. The van der Waals surface area contributed by atoms with Crippen LogP contribution in [-0.2, 0) is 6.54 Å². The summed E-state index contributed by atoms with van der Waals surface area (Å²) in [5.74, 6) is 2.26. The van der Waals surface area contributed by atoms with Gasteiger partial charge in [-0.25, -0.2) is 4.99 Å². The monoisotopic (exact) mass is 507 g/mol. The zero-order valence-corrected chi connectivity index (χ0v) is 20.3. The van der Waals surface area contributed by atoms with Crippen LogP contribution in [0.2, 0.25) is 0 Å². The van der Waals surface area contributed by atoms with Gasteiger partial charge in [-0.05, 0) is 56.2 Å². The molecule has 1 aromatic rings. The Balaban J connectivity index is 0.00000729. The van der Waals surface area contributed by atoms with E-state index in [1.54, 1.807) is 7.11 Å². The molecule has 0 saturated carbocycles. The predicted molar refractivity (Wildman–Crippen MR) is 127 cm³/mol. The minimum atomic E-state index is 0. The molecule has 0 saturated heterocycles. The highest BCUT2D eigenvalue weighted by Gasteiger charge is 2.25. The quantitative estimate of drug-likeness (QED) is 0.227. The Morgan fingerprint density at radius 2 is 1.82 bits per heavy atom. The number of halogens is 1. The van der Waals surface area contributed by atoms with E-state index in [0.717, 1.165) is 55.4 Å². The summed E-state index contributed by atoms with van der Waals surface area (Å²) < 4.78 is 11.0. The molecule has 0 radical (unpaired) electrons. The van der Waals surface area contributed by atoms with Crippen molar-refractivity contribution in [1.29, 1.82) is 0 Å². The van der Waals surface area contributed by atoms with Crippen molar-refractivity contribution in [3.8, 4) is 11.5 Å². The number of nitrogens with one attached hydrogen (secondary N) is 2. The second-order valence-corrected chi connectivity index (χ2v) is 6.65. The molecule has 6 nitrogen and oxygen atoms in total. The lowest BCUT2D eigenvalue weighted by atomic mass is 9.79. The van der Waals surface area contributed by atoms with E-state index in [2.05, 4.69) is 31.4 Å². The van der Waals surface area contributed by atoms with Gasteiger partial charge in [0.2, 0.25) is 0 Å². The molecule has 28 heavy (non-hydrogen) atoms. The van der Waals surface area contributed by atoms with Gasteiger partial charge in [-0.15, -0.1) is 24.0 Å². The van der Waals surface area contributed by atoms with Gasteiger partial charge < -0.3 is 25.2 Å². The second-order valence-electron chi connectivity index (χ2n) is 6.65. The van der Waals surface area contributed by atoms with Gasteiger partial charge in [0.05, 0.1) is 20.3 Å². The van der Waals surface area contributed by atoms with E-state index in [1.165, 1.54) is 0 Å². The van der Waals surface area contributed by atoms with Gasteiger partial charge in [0.1, 0.15) is 0 Å². The van der Waals surface area contributed by atoms with E-state index in [-0.39, 0.29) is 36.0 Å². The summed E-state index contributed by atoms with van der Waals surface area (Å²) >= 11 is 0. The third-order valence-electron chi connectivity index (χ3n) is 5.06. The van der Waals surface area contributed by atoms with Crippen molar-refractivity contribution in [2.75, 3.05) is 33.4 Å². The van der Waals surface area contributed by atoms with Crippen LogP contribution in [0.15, 0.2) is 23.2 Å². The van der Waals surface area contributed by atoms with Crippen LogP contribution in [0, 0.1) is 5.41 Å². The molecule has 162 valence electrons. The van der Waals surface area contributed by atoms with E-state index in [0.29, 0.717) is 13.2 Å². The number of benzene rings is 1. The van der Waals surface area contributed by atoms with Gasteiger partial charge in [-0.2, -0.15) is 0 Å². The topological polar surface area (TPSA) is 75.1 Å². The molecule has 0 aliphatic heterocycles. The third kappa shape index (κ3) is 8.43. The van der Waals surface area contributed by atoms with Crippen LogP contribution >= 0.6 is 24.0 Å². The average molecular weight is 507 g/mol. The van der Waals surface area contributed by atoms with E-state index in [4.69, 9.17) is 14.5 Å². The minimum absolute atomic E-state index is 0. The van der Waals surface area contributed by atoms with E-state index in [1.807, 2.05) is 25.1 Å². The number of methoxy groups -OCH3 is 1. The van der Waals surface area contributed by atoms with Gasteiger partial charge in [-0.3, -0.25) is 0 Å². The largest absolute Gasteiger partial charge is 0.493 e. The highest BCUT2D eigenvalue weighted by Crippen LogP contribution is 2.30. The van der Waals surface area contributed by atoms with Crippen molar-refractivity contribution in [2.24, 2.45) is 10.4 Å². The number of hydrogen-bond donors (Lipinski definition) is 3. The fourth-order valence-corrected chi connectivity index (χ4v) is 3.05. The maximum Gasteiger partial charge on any atom is 0.191 e. The number of aliphatic imine (C=N–C) groups is 1. The number of aliphatic hydroxyl groups excluding tert-OH is 1. The fraction of sp³-hybridized carbons (Fsp3) is 0.667. The summed E-state index contributed by atoms with van der Waals surface area (Å²) in [5, 5.41) is 16.2. The molecule has 0 aliphatic rings. The standard InChI is InChI=1S/C21H37N3O3.HI/c1-6-21(7-2,12-13-25)16-24-20(22-8-3)23-15-17-10-11-18(26-5)19(14-17)27-9-4;/h10-11,14,25H,6-9,12-13,15-16H2,1-5H3,(H2,22,23,24);1H. The highest BCUT2D eigenvalue weighted by atomic mass is 127. The van der Waals surface area contributed by atoms with Crippen LogP contribution in [-0.4, -0.2) is 44.5 Å². The van der Waals surface area contributed by atoms with Crippen LogP contribution in [0.4, 0.5) is 0 Å². The van der Waals surface area contributed by atoms with Crippen LogP contribution in [0.3, 0.4) is 0 Å². The van der Waals surface area contributed by atoms with Crippen molar-refractivity contribution in [1.82, 2.24) is 10.6 Å². The van der Waals surface area contributed by atoms with E-state index >= 15 is 0 Å². The minimum Gasteiger partial charge on any atom is -0.493 e. The van der Waals surface area contributed by atoms with Crippen molar-refractivity contribution in [3.63, 3.8) is 0 Å². The molecule has 7 heteroatoms. The van der Waals surface area contributed by atoms with Crippen molar-refractivity contribution < 1.29 is 14.6 Å². The smallest absolute Gasteiger partial charge is 0.191 e. The first-order chi connectivity index (χ1) is 13.1. The molecular weight excluding hydrogens is 469 g/mol. The van der Waals surface area contributed by atoms with Crippen molar-refractivity contribution in [2.45, 2.75) is 53.5 Å². The van der Waals surface area contributed by atoms with E-state index in [9.17, 15) is 5.11 Å². The maximum atomic E-state index is 9.40. The first-order valence-electron chi connectivity index (χ1n) is 10.0. The molecule has 1 rings (SSSR count). The summed E-state index contributed by atoms with van der Waals surface area (Å²) in [6.07, 6.45) is 2.84. The lowest BCUT2D eigenvalue weighted by Crippen LogP contribution is -2.43. The number of ether oxygens (including phenoxy) is 2. The number of aliphatic hydroxyl groups is 1. The average Bonchev–Trinajstić information content (AvgIpc) is 2.69. The molecule has 1 aromatic carbocycles. The Labute approximate surface area is 187 Å². The van der Waals surface area contributed by atoms with Gasteiger partial charge in [0.25, 0.3) is 0 Å². The Morgan fingerprint density at radius 3 is 2.36 bits per heavy atom. The number of guanidine groups is 1. The Bertz CT molecular complexity index is 578. The van der Waals surface area contributed by atoms with Crippen molar-refractivity contribution >= 4 is 29.9 Å². The van der Waals surface area contributed by atoms with Crippen LogP contribution in [0.25, 0.3) is 0 Å². The molecule has 0 aliphatic carbocycles. The van der Waals surface area contributed by atoms with Crippen LogP contribution < -0.4 is 20.1 Å². The summed E-state index contributed by atoms with van der Waals surface area (Å²) in [4.78, 5) is 4.71. The molecule has 0 heterocycles. The molecule has 0 aromatic heterocycles. The number of hydrogen-bond acceptors (Lipinski definition) is 4. The summed E-state index contributed by atoms with van der Waals surface area (Å²) in [6, 6.07) is 5.89. The molecule has 0 atom stereocenters. The van der Waals surface area contributed by atoms with Gasteiger partial charge in [0.15, 0.2) is 17.5 Å². The van der Waals surface area contributed by atoms with Gasteiger partial charge >= 0.3 is 0 Å². The third-order valence-corrected chi connectivity index (χ3v) is 5.06. The van der Waals surface area contributed by atoms with Crippen molar-refractivity contribution in [3.05, 3.63) is 23.8 Å². The molecule has 0 fully saturated rings. The van der Waals surface area contributed by atoms with Gasteiger partial charge in [-0.1, -0.05) is 19.9 Å². The summed E-state index contributed by atoms with van der Waals surface area (Å²) in [5.41, 5.74) is 1.15. The summed E-state index contributed by atoms with van der Waals surface area (Å²) in [6.45, 7) is 11.3. The maximum absolute atomic E-state index is 9.40.